The zero-order valence-corrected chi connectivity index (χ0v) is 9.37. The van der Waals surface area contributed by atoms with Crippen LogP contribution >= 0.6 is 0 Å². The monoisotopic (exact) mass is 194 g/mol. The van der Waals surface area contributed by atoms with Crippen LogP contribution in [0.5, 0.6) is 0 Å². The molecule has 1 rings (SSSR count). The maximum absolute atomic E-state index is 11.0. The molecule has 0 aromatic carbocycles. The minimum absolute atomic E-state index is 0.0141. The first-order chi connectivity index (χ1) is 6.39. The Morgan fingerprint density at radius 2 is 2.21 bits per heavy atom. The van der Waals surface area contributed by atoms with Crippen molar-refractivity contribution in [1.82, 2.24) is 9.78 Å². The lowest BCUT2D eigenvalue weighted by atomic mass is 9.83. The predicted molar refractivity (Wildman–Crippen MR) is 56.0 cm³/mol. The van der Waals surface area contributed by atoms with Gasteiger partial charge in [-0.2, -0.15) is 5.10 Å². The average Bonchev–Trinajstić information content (AvgIpc) is 2.30. The summed E-state index contributed by atoms with van der Waals surface area (Å²) in [5.74, 6) is 0.242. The first-order valence-electron chi connectivity index (χ1n) is 4.87. The second-order valence-corrected chi connectivity index (χ2v) is 4.70. The van der Waals surface area contributed by atoms with Crippen molar-refractivity contribution >= 4 is 5.78 Å². The van der Waals surface area contributed by atoms with Crippen LogP contribution in [0.25, 0.3) is 0 Å². The number of carbonyl (C=O) groups is 1. The molecule has 0 fully saturated rings. The molecule has 1 aromatic heterocycles. The average molecular weight is 194 g/mol. The first kappa shape index (κ1) is 11.0. The summed E-state index contributed by atoms with van der Waals surface area (Å²) in [6.07, 6.45) is 3.40. The van der Waals surface area contributed by atoms with E-state index >= 15 is 0 Å². The van der Waals surface area contributed by atoms with Crippen molar-refractivity contribution in [2.45, 2.75) is 33.6 Å². The van der Waals surface area contributed by atoms with Crippen LogP contribution in [0, 0.1) is 5.41 Å². The second kappa shape index (κ2) is 3.95. The van der Waals surface area contributed by atoms with Crippen molar-refractivity contribution in [3.05, 3.63) is 18.0 Å². The number of carbonyl (C=O) groups excluding carboxylic acids is 1. The van der Waals surface area contributed by atoms with Gasteiger partial charge in [0.05, 0.1) is 5.69 Å². The number of aromatic nitrogens is 2. The molecule has 0 bridgehead atoms. The number of hydrogen-bond donors (Lipinski definition) is 0. The SMILES string of the molecule is CC(=O)CC(C)(C)Cc1ccn(C)n1. The Morgan fingerprint density at radius 1 is 1.57 bits per heavy atom. The second-order valence-electron chi connectivity index (χ2n) is 4.70. The van der Waals surface area contributed by atoms with E-state index in [4.69, 9.17) is 0 Å². The summed E-state index contributed by atoms with van der Waals surface area (Å²) < 4.78 is 1.79. The molecule has 1 heterocycles. The van der Waals surface area contributed by atoms with Crippen LogP contribution in [0.15, 0.2) is 12.3 Å². The highest BCUT2D eigenvalue weighted by Crippen LogP contribution is 2.25. The van der Waals surface area contributed by atoms with Crippen LogP contribution in [-0.4, -0.2) is 15.6 Å². The zero-order chi connectivity index (χ0) is 10.8. The van der Waals surface area contributed by atoms with Crippen LogP contribution in [0.2, 0.25) is 0 Å². The Hall–Kier alpha value is -1.12. The van der Waals surface area contributed by atoms with E-state index in [1.807, 2.05) is 19.3 Å². The first-order valence-corrected chi connectivity index (χ1v) is 4.87. The molecule has 0 aliphatic heterocycles. The quantitative estimate of drug-likeness (QED) is 0.734. The molecule has 78 valence electrons. The lowest BCUT2D eigenvalue weighted by Gasteiger charge is -2.21. The van der Waals surface area contributed by atoms with Gasteiger partial charge in [-0.1, -0.05) is 13.8 Å². The Labute approximate surface area is 85.1 Å². The Balaban J connectivity index is 2.63. The molecule has 14 heavy (non-hydrogen) atoms. The minimum atomic E-state index is 0.0141. The van der Waals surface area contributed by atoms with Gasteiger partial charge in [-0.3, -0.25) is 4.68 Å². The van der Waals surface area contributed by atoms with Gasteiger partial charge in [0.15, 0.2) is 0 Å². The van der Waals surface area contributed by atoms with E-state index in [1.165, 1.54) is 0 Å². The molecule has 0 aliphatic carbocycles. The molecule has 0 amide bonds. The van der Waals surface area contributed by atoms with Gasteiger partial charge in [-0.05, 0) is 24.8 Å². The molecule has 3 nitrogen and oxygen atoms in total. The molecule has 0 spiro atoms. The summed E-state index contributed by atoms with van der Waals surface area (Å²) in [4.78, 5) is 11.0. The summed E-state index contributed by atoms with van der Waals surface area (Å²) in [5, 5.41) is 4.31. The van der Waals surface area contributed by atoms with E-state index in [9.17, 15) is 4.79 Å². The lowest BCUT2D eigenvalue weighted by Crippen LogP contribution is -2.18. The minimum Gasteiger partial charge on any atom is -0.300 e. The zero-order valence-electron chi connectivity index (χ0n) is 9.37. The van der Waals surface area contributed by atoms with Crippen LogP contribution in [0.3, 0.4) is 0 Å². The highest BCUT2D eigenvalue weighted by molar-refractivity contribution is 5.76. The van der Waals surface area contributed by atoms with Gasteiger partial charge in [-0.25, -0.2) is 0 Å². The van der Waals surface area contributed by atoms with E-state index in [2.05, 4.69) is 18.9 Å². The standard InChI is InChI=1S/C11H18N2O/c1-9(14)7-11(2,3)8-10-5-6-13(4)12-10/h5-6H,7-8H2,1-4H3. The molecule has 0 saturated heterocycles. The number of hydrogen-bond acceptors (Lipinski definition) is 2. The van der Waals surface area contributed by atoms with E-state index < -0.39 is 0 Å². The Morgan fingerprint density at radius 3 is 2.64 bits per heavy atom. The summed E-state index contributed by atoms with van der Waals surface area (Å²) in [5.41, 5.74) is 1.07. The van der Waals surface area contributed by atoms with Gasteiger partial charge in [0.2, 0.25) is 0 Å². The third-order valence-corrected chi connectivity index (χ3v) is 2.16. The number of aryl methyl sites for hydroxylation is 1. The number of Topliss-reactive ketones (excluding diaryl/α,β-unsaturated/α-hetero) is 1. The molecule has 1 aromatic rings. The fourth-order valence-corrected chi connectivity index (χ4v) is 1.78. The van der Waals surface area contributed by atoms with Gasteiger partial charge in [-0.15, -0.1) is 0 Å². The molecule has 0 aliphatic rings. The van der Waals surface area contributed by atoms with E-state index in [0.29, 0.717) is 6.42 Å². The van der Waals surface area contributed by atoms with Crippen molar-refractivity contribution in [1.29, 1.82) is 0 Å². The molecule has 0 atom stereocenters. The van der Waals surface area contributed by atoms with Crippen molar-refractivity contribution in [2.75, 3.05) is 0 Å². The maximum Gasteiger partial charge on any atom is 0.130 e. The van der Waals surface area contributed by atoms with Crippen molar-refractivity contribution in [3.63, 3.8) is 0 Å². The summed E-state index contributed by atoms with van der Waals surface area (Å²) in [6, 6.07) is 2.00. The smallest absolute Gasteiger partial charge is 0.130 e. The molecule has 3 heteroatoms. The summed E-state index contributed by atoms with van der Waals surface area (Å²) >= 11 is 0. The molecular weight excluding hydrogens is 176 g/mol. The fourth-order valence-electron chi connectivity index (χ4n) is 1.78. The fraction of sp³-hybridized carbons (Fsp3) is 0.636. The van der Waals surface area contributed by atoms with Gasteiger partial charge in [0.25, 0.3) is 0 Å². The van der Waals surface area contributed by atoms with Crippen molar-refractivity contribution in [2.24, 2.45) is 12.5 Å². The van der Waals surface area contributed by atoms with Crippen LogP contribution in [0.4, 0.5) is 0 Å². The highest BCUT2D eigenvalue weighted by Gasteiger charge is 2.21. The van der Waals surface area contributed by atoms with E-state index in [0.717, 1.165) is 12.1 Å². The number of rotatable bonds is 4. The maximum atomic E-state index is 11.0. The molecule has 0 unspecified atom stereocenters. The highest BCUT2D eigenvalue weighted by atomic mass is 16.1. The summed E-state index contributed by atoms with van der Waals surface area (Å²) in [6.45, 7) is 5.84. The Bertz CT molecular complexity index is 326. The topological polar surface area (TPSA) is 34.9 Å². The van der Waals surface area contributed by atoms with Gasteiger partial charge >= 0.3 is 0 Å². The Kier molecular flexibility index (Phi) is 3.09. The number of ketones is 1. The molecular formula is C11H18N2O. The molecule has 0 N–H and O–H groups in total. The van der Waals surface area contributed by atoms with Gasteiger partial charge in [0.1, 0.15) is 5.78 Å². The number of nitrogens with zero attached hydrogens (tertiary/aromatic N) is 2. The molecule has 0 radical (unpaired) electrons. The normalized spacial score (nSPS) is 11.7. The van der Waals surface area contributed by atoms with Crippen LogP contribution < -0.4 is 0 Å². The van der Waals surface area contributed by atoms with Gasteiger partial charge in [0, 0.05) is 19.7 Å². The third kappa shape index (κ3) is 3.32. The third-order valence-electron chi connectivity index (χ3n) is 2.16. The van der Waals surface area contributed by atoms with Crippen molar-refractivity contribution < 1.29 is 4.79 Å². The largest absolute Gasteiger partial charge is 0.300 e. The van der Waals surface area contributed by atoms with E-state index in [-0.39, 0.29) is 11.2 Å². The van der Waals surface area contributed by atoms with Gasteiger partial charge < -0.3 is 4.79 Å². The van der Waals surface area contributed by atoms with Crippen molar-refractivity contribution in [3.8, 4) is 0 Å². The van der Waals surface area contributed by atoms with Crippen LogP contribution in [0.1, 0.15) is 32.9 Å². The predicted octanol–water partition coefficient (Wildman–Crippen LogP) is 1.97. The van der Waals surface area contributed by atoms with Crippen LogP contribution in [-0.2, 0) is 18.3 Å². The van der Waals surface area contributed by atoms with E-state index in [1.54, 1.807) is 11.6 Å². The lowest BCUT2D eigenvalue weighted by molar-refractivity contribution is -0.118. The summed E-state index contributed by atoms with van der Waals surface area (Å²) in [7, 11) is 1.90. The molecule has 0 saturated carbocycles.